The van der Waals surface area contributed by atoms with Gasteiger partial charge in [-0.05, 0) is 61.8 Å². The van der Waals surface area contributed by atoms with Crippen molar-refractivity contribution in [2.24, 2.45) is 11.3 Å². The van der Waals surface area contributed by atoms with Crippen molar-refractivity contribution in [2.45, 2.75) is 73.8 Å². The summed E-state index contributed by atoms with van der Waals surface area (Å²) in [7, 11) is 1.84. The highest BCUT2D eigenvalue weighted by atomic mass is 16.2. The van der Waals surface area contributed by atoms with E-state index in [0.29, 0.717) is 29.6 Å². The highest BCUT2D eigenvalue weighted by molar-refractivity contribution is 5.79. The van der Waals surface area contributed by atoms with Gasteiger partial charge < -0.3 is 4.90 Å². The van der Waals surface area contributed by atoms with Gasteiger partial charge in [-0.1, -0.05) is 64.4 Å². The highest BCUT2D eigenvalue weighted by Gasteiger charge is 2.28. The van der Waals surface area contributed by atoms with Crippen LogP contribution in [0, 0.1) is 25.2 Å². The van der Waals surface area contributed by atoms with E-state index in [2.05, 4.69) is 33.8 Å². The van der Waals surface area contributed by atoms with Gasteiger partial charge in [0.25, 0.3) is 5.56 Å². The Morgan fingerprint density at radius 2 is 1.79 bits per heavy atom. The largest absolute Gasteiger partial charge is 0.336 e. The van der Waals surface area contributed by atoms with Gasteiger partial charge in [0.15, 0.2) is 0 Å². The number of hydrogen-bond acceptors (Lipinski definition) is 3. The Morgan fingerprint density at radius 1 is 1.12 bits per heavy atom. The van der Waals surface area contributed by atoms with Crippen molar-refractivity contribution in [3.63, 3.8) is 0 Å². The summed E-state index contributed by atoms with van der Waals surface area (Å²) >= 11 is 0. The predicted molar refractivity (Wildman–Crippen MR) is 140 cm³/mol. The van der Waals surface area contributed by atoms with Crippen molar-refractivity contribution < 1.29 is 4.79 Å². The molecule has 0 saturated carbocycles. The molecule has 0 aliphatic heterocycles. The Balaban J connectivity index is 2.12. The lowest BCUT2D eigenvalue weighted by atomic mass is 9.84. The Morgan fingerprint density at radius 3 is 2.41 bits per heavy atom. The van der Waals surface area contributed by atoms with Crippen molar-refractivity contribution in [3.05, 3.63) is 69.8 Å². The monoisotopic (exact) mass is 461 g/mol. The van der Waals surface area contributed by atoms with E-state index in [1.165, 1.54) is 0 Å². The average Bonchev–Trinajstić information content (AvgIpc) is 2.74. The smallest absolute Gasteiger partial charge is 0.266 e. The molecule has 1 amide bonds. The second-order valence-corrected chi connectivity index (χ2v) is 10.9. The summed E-state index contributed by atoms with van der Waals surface area (Å²) in [6, 6.07) is 13.2. The number of carbonyl (C=O) groups excluding carboxylic acids is 1. The lowest BCUT2D eigenvalue weighted by Crippen LogP contribution is -2.37. The SMILES string of the molecule is CCC(c1nc2ccccc2c(=O)n1-c1ccc(C)cc1C)N(C)C(=O)CC(C)CC(C)(C)C. The summed E-state index contributed by atoms with van der Waals surface area (Å²) in [5, 5.41) is 0.578. The van der Waals surface area contributed by atoms with Crippen LogP contribution < -0.4 is 5.56 Å². The summed E-state index contributed by atoms with van der Waals surface area (Å²) in [5.74, 6) is 0.967. The van der Waals surface area contributed by atoms with Gasteiger partial charge in [-0.15, -0.1) is 0 Å². The number of aryl methyl sites for hydroxylation is 2. The highest BCUT2D eigenvalue weighted by Crippen LogP contribution is 2.30. The Bertz CT molecular complexity index is 1240. The van der Waals surface area contributed by atoms with Crippen molar-refractivity contribution >= 4 is 16.8 Å². The molecule has 3 aromatic rings. The zero-order valence-corrected chi connectivity index (χ0v) is 22.0. The molecule has 1 heterocycles. The van der Waals surface area contributed by atoms with Crippen LogP contribution in [0.3, 0.4) is 0 Å². The zero-order chi connectivity index (χ0) is 25.2. The summed E-state index contributed by atoms with van der Waals surface area (Å²) in [5.41, 5.74) is 3.67. The average molecular weight is 462 g/mol. The van der Waals surface area contributed by atoms with Crippen LogP contribution in [0.4, 0.5) is 0 Å². The Labute approximate surface area is 203 Å². The van der Waals surface area contributed by atoms with Gasteiger partial charge in [-0.2, -0.15) is 0 Å². The quantitative estimate of drug-likeness (QED) is 0.410. The van der Waals surface area contributed by atoms with Crippen LogP contribution in [0.2, 0.25) is 0 Å². The van der Waals surface area contributed by atoms with Crippen molar-refractivity contribution in [2.75, 3.05) is 7.05 Å². The third-order valence-electron chi connectivity index (χ3n) is 6.42. The van der Waals surface area contributed by atoms with Crippen LogP contribution in [0.1, 0.15) is 76.9 Å². The zero-order valence-electron chi connectivity index (χ0n) is 22.0. The fourth-order valence-electron chi connectivity index (χ4n) is 5.03. The molecule has 2 unspecified atom stereocenters. The number of rotatable bonds is 7. The van der Waals surface area contributed by atoms with Gasteiger partial charge in [0, 0.05) is 13.5 Å². The topological polar surface area (TPSA) is 55.2 Å². The first-order valence-electron chi connectivity index (χ1n) is 12.3. The van der Waals surface area contributed by atoms with Gasteiger partial charge in [0.1, 0.15) is 5.82 Å². The standard InChI is InChI=1S/C29H39N3O2/c1-9-24(31(8)26(33)17-20(3)18-29(5,6)7)27-30-23-13-11-10-12-22(23)28(34)32(27)25-15-14-19(2)16-21(25)4/h10-16,20,24H,9,17-18H2,1-8H3. The predicted octanol–water partition coefficient (Wildman–Crippen LogP) is 6.37. The molecule has 0 N–H and O–H groups in total. The first kappa shape index (κ1) is 25.7. The van der Waals surface area contributed by atoms with Crippen LogP contribution in [-0.2, 0) is 4.79 Å². The molecule has 0 radical (unpaired) electrons. The number of amides is 1. The van der Waals surface area contributed by atoms with E-state index in [4.69, 9.17) is 4.98 Å². The van der Waals surface area contributed by atoms with E-state index in [1.807, 2.05) is 64.2 Å². The molecule has 0 bridgehead atoms. The molecule has 0 saturated heterocycles. The van der Waals surface area contributed by atoms with Gasteiger partial charge in [0.2, 0.25) is 5.91 Å². The normalized spacial score (nSPS) is 13.6. The van der Waals surface area contributed by atoms with E-state index in [9.17, 15) is 9.59 Å². The Kier molecular flexibility index (Phi) is 7.64. The van der Waals surface area contributed by atoms with Gasteiger partial charge >= 0.3 is 0 Å². The molecule has 5 heteroatoms. The van der Waals surface area contributed by atoms with Crippen LogP contribution >= 0.6 is 0 Å². The third kappa shape index (κ3) is 5.57. The van der Waals surface area contributed by atoms with E-state index in [-0.39, 0.29) is 28.8 Å². The summed E-state index contributed by atoms with van der Waals surface area (Å²) in [6.45, 7) is 14.8. The molecular weight excluding hydrogens is 422 g/mol. The third-order valence-corrected chi connectivity index (χ3v) is 6.42. The summed E-state index contributed by atoms with van der Waals surface area (Å²) in [4.78, 5) is 33.8. The molecule has 34 heavy (non-hydrogen) atoms. The van der Waals surface area contributed by atoms with E-state index in [1.54, 1.807) is 9.47 Å². The Hall–Kier alpha value is -2.95. The maximum atomic E-state index is 13.8. The van der Waals surface area contributed by atoms with Crippen molar-refractivity contribution in [1.82, 2.24) is 14.5 Å². The minimum atomic E-state index is -0.313. The number of aromatic nitrogens is 2. The van der Waals surface area contributed by atoms with Gasteiger partial charge in [-0.25, -0.2) is 4.98 Å². The second-order valence-electron chi connectivity index (χ2n) is 10.9. The molecule has 0 fully saturated rings. The number of nitrogens with zero attached hydrogens (tertiary/aromatic N) is 3. The number of hydrogen-bond donors (Lipinski definition) is 0. The van der Waals surface area contributed by atoms with Crippen molar-refractivity contribution in [3.8, 4) is 5.69 Å². The molecule has 182 valence electrons. The molecule has 1 aromatic heterocycles. The van der Waals surface area contributed by atoms with Gasteiger partial charge in [-0.3, -0.25) is 14.2 Å². The number of benzene rings is 2. The first-order chi connectivity index (χ1) is 15.9. The molecule has 0 aliphatic rings. The van der Waals surface area contributed by atoms with Crippen LogP contribution in [0.5, 0.6) is 0 Å². The number of fused-ring (bicyclic) bond motifs is 1. The molecule has 2 atom stereocenters. The summed E-state index contributed by atoms with van der Waals surface area (Å²) < 4.78 is 1.72. The maximum absolute atomic E-state index is 13.8. The molecule has 5 nitrogen and oxygen atoms in total. The van der Waals surface area contributed by atoms with Crippen LogP contribution in [0.25, 0.3) is 16.6 Å². The molecule has 0 aliphatic carbocycles. The second kappa shape index (κ2) is 10.1. The van der Waals surface area contributed by atoms with E-state index < -0.39 is 0 Å². The fourth-order valence-corrected chi connectivity index (χ4v) is 5.03. The molecule has 0 spiro atoms. The van der Waals surface area contributed by atoms with Crippen LogP contribution in [-0.4, -0.2) is 27.4 Å². The van der Waals surface area contributed by atoms with Crippen LogP contribution in [0.15, 0.2) is 47.3 Å². The fraction of sp³-hybridized carbons (Fsp3) is 0.483. The number of para-hydroxylation sites is 1. The minimum Gasteiger partial charge on any atom is -0.336 e. The number of carbonyl (C=O) groups is 1. The molecule has 3 rings (SSSR count). The summed E-state index contributed by atoms with van der Waals surface area (Å²) in [6.07, 6.45) is 2.11. The molecular formula is C29H39N3O2. The van der Waals surface area contributed by atoms with E-state index >= 15 is 0 Å². The molecule has 2 aromatic carbocycles. The van der Waals surface area contributed by atoms with E-state index in [0.717, 1.165) is 23.2 Å². The lowest BCUT2D eigenvalue weighted by molar-refractivity contribution is -0.133. The maximum Gasteiger partial charge on any atom is 0.266 e. The van der Waals surface area contributed by atoms with Crippen molar-refractivity contribution in [1.29, 1.82) is 0 Å². The van der Waals surface area contributed by atoms with Gasteiger partial charge in [0.05, 0.1) is 22.6 Å². The minimum absolute atomic E-state index is 0.0817. The lowest BCUT2D eigenvalue weighted by Gasteiger charge is -2.31. The first-order valence-corrected chi connectivity index (χ1v) is 12.3.